The normalized spacial score (nSPS) is 18.6. The van der Waals surface area contributed by atoms with Gasteiger partial charge in [-0.15, -0.1) is 11.3 Å². The van der Waals surface area contributed by atoms with Gasteiger partial charge in [0.1, 0.15) is 9.53 Å². The second kappa shape index (κ2) is 4.02. The first kappa shape index (κ1) is 11.8. The fourth-order valence-corrected chi connectivity index (χ4v) is 3.97. The van der Waals surface area contributed by atoms with Crippen LogP contribution in [0.25, 0.3) is 20.4 Å². The lowest BCUT2D eigenvalue weighted by Crippen LogP contribution is -2.20. The second-order valence-electron chi connectivity index (χ2n) is 5.51. The molecule has 20 heavy (non-hydrogen) atoms. The molecule has 0 radical (unpaired) electrons. The molecular formula is C14H13N3O2S. The summed E-state index contributed by atoms with van der Waals surface area (Å²) in [6.45, 7) is 2.24. The van der Waals surface area contributed by atoms with Gasteiger partial charge in [0.15, 0.2) is 0 Å². The predicted molar refractivity (Wildman–Crippen MR) is 79.6 cm³/mol. The number of rotatable bonds is 0. The van der Waals surface area contributed by atoms with Crippen molar-refractivity contribution in [2.24, 2.45) is 5.92 Å². The van der Waals surface area contributed by atoms with Crippen LogP contribution in [0.5, 0.6) is 0 Å². The maximum absolute atomic E-state index is 11.8. The molecule has 102 valence electrons. The number of H-pyrrole nitrogens is 2. The number of aromatic amines is 2. The zero-order valence-electron chi connectivity index (χ0n) is 10.9. The van der Waals surface area contributed by atoms with E-state index in [2.05, 4.69) is 23.0 Å². The number of aryl methyl sites for hydroxylation is 1. The zero-order chi connectivity index (χ0) is 13.9. The van der Waals surface area contributed by atoms with Gasteiger partial charge in [0.2, 0.25) is 0 Å². The van der Waals surface area contributed by atoms with E-state index in [1.54, 1.807) is 0 Å². The van der Waals surface area contributed by atoms with Gasteiger partial charge in [0.25, 0.3) is 5.56 Å². The highest BCUT2D eigenvalue weighted by molar-refractivity contribution is 7.25. The van der Waals surface area contributed by atoms with E-state index in [0.717, 1.165) is 35.2 Å². The summed E-state index contributed by atoms with van der Waals surface area (Å²) in [4.78, 5) is 33.8. The van der Waals surface area contributed by atoms with Crippen LogP contribution in [-0.4, -0.2) is 15.0 Å². The third-order valence-corrected chi connectivity index (χ3v) is 5.06. The van der Waals surface area contributed by atoms with Crippen LogP contribution in [0.2, 0.25) is 0 Å². The summed E-state index contributed by atoms with van der Waals surface area (Å²) in [6, 6.07) is 2.10. The van der Waals surface area contributed by atoms with Crippen molar-refractivity contribution in [3.8, 4) is 0 Å². The molecule has 0 aliphatic heterocycles. The smallest absolute Gasteiger partial charge is 0.305 e. The second-order valence-corrected chi connectivity index (χ2v) is 6.51. The van der Waals surface area contributed by atoms with Crippen molar-refractivity contribution >= 4 is 31.8 Å². The average Bonchev–Trinajstić information content (AvgIpc) is 2.75. The summed E-state index contributed by atoms with van der Waals surface area (Å²) >= 11 is 1.35. The van der Waals surface area contributed by atoms with E-state index in [1.807, 2.05) is 0 Å². The lowest BCUT2D eigenvalue weighted by atomic mass is 9.87. The number of hydrogen-bond acceptors (Lipinski definition) is 4. The van der Waals surface area contributed by atoms with Gasteiger partial charge in [-0.05, 0) is 36.8 Å². The van der Waals surface area contributed by atoms with E-state index in [1.165, 1.54) is 16.9 Å². The molecule has 0 amide bonds. The number of aromatic nitrogens is 3. The molecule has 0 bridgehead atoms. The van der Waals surface area contributed by atoms with Crippen molar-refractivity contribution < 1.29 is 0 Å². The molecule has 0 spiro atoms. The molecule has 1 atom stereocenters. The van der Waals surface area contributed by atoms with Crippen molar-refractivity contribution in [2.45, 2.75) is 26.2 Å². The van der Waals surface area contributed by atoms with E-state index in [-0.39, 0.29) is 5.56 Å². The van der Waals surface area contributed by atoms with Crippen LogP contribution in [0.15, 0.2) is 15.7 Å². The molecule has 6 heteroatoms. The molecule has 1 aliphatic rings. The van der Waals surface area contributed by atoms with Crippen molar-refractivity contribution in [1.29, 1.82) is 0 Å². The number of fused-ring (bicyclic) bond motifs is 4. The van der Waals surface area contributed by atoms with E-state index >= 15 is 0 Å². The summed E-state index contributed by atoms with van der Waals surface area (Å²) in [7, 11) is 0. The van der Waals surface area contributed by atoms with Gasteiger partial charge >= 0.3 is 5.69 Å². The Hall–Kier alpha value is -1.95. The number of nitrogens with one attached hydrogen (secondary N) is 2. The highest BCUT2D eigenvalue weighted by Gasteiger charge is 2.19. The maximum Gasteiger partial charge on any atom is 0.326 e. The van der Waals surface area contributed by atoms with Crippen molar-refractivity contribution in [3.05, 3.63) is 38.2 Å². The Kier molecular flexibility index (Phi) is 2.38. The fourth-order valence-electron chi connectivity index (χ4n) is 2.94. The zero-order valence-corrected chi connectivity index (χ0v) is 11.8. The Morgan fingerprint density at radius 2 is 2.20 bits per heavy atom. The third kappa shape index (κ3) is 1.64. The number of nitrogens with zero attached hydrogens (tertiary/aromatic N) is 1. The first-order chi connectivity index (χ1) is 9.61. The number of thiophene rings is 1. The minimum atomic E-state index is -0.465. The topological polar surface area (TPSA) is 78.6 Å². The highest BCUT2D eigenvalue weighted by Crippen LogP contribution is 2.33. The monoisotopic (exact) mass is 287 g/mol. The molecule has 0 aromatic carbocycles. The Morgan fingerprint density at radius 1 is 1.35 bits per heavy atom. The molecule has 4 rings (SSSR count). The third-order valence-electron chi connectivity index (χ3n) is 3.97. The Bertz CT molecular complexity index is 951. The Morgan fingerprint density at radius 3 is 3.05 bits per heavy atom. The van der Waals surface area contributed by atoms with Gasteiger partial charge in [0, 0.05) is 11.1 Å². The van der Waals surface area contributed by atoms with Gasteiger partial charge in [0.05, 0.1) is 5.52 Å². The summed E-state index contributed by atoms with van der Waals surface area (Å²) in [6.07, 6.45) is 3.17. The number of pyridine rings is 1. The van der Waals surface area contributed by atoms with Gasteiger partial charge in [-0.2, -0.15) is 0 Å². The van der Waals surface area contributed by atoms with Gasteiger partial charge in [-0.3, -0.25) is 9.78 Å². The molecule has 0 saturated heterocycles. The first-order valence-corrected chi connectivity index (χ1v) is 7.51. The molecule has 0 saturated carbocycles. The van der Waals surface area contributed by atoms with Crippen molar-refractivity contribution in [2.75, 3.05) is 0 Å². The molecule has 3 heterocycles. The Balaban J connectivity index is 2.12. The van der Waals surface area contributed by atoms with Gasteiger partial charge in [-0.1, -0.05) is 6.92 Å². The first-order valence-electron chi connectivity index (χ1n) is 6.69. The SMILES string of the molecule is CC1CCc2nc3sc4c(=O)[nH]c(=O)[nH]c4c3cc2C1. The highest BCUT2D eigenvalue weighted by atomic mass is 32.1. The largest absolute Gasteiger partial charge is 0.326 e. The summed E-state index contributed by atoms with van der Waals surface area (Å²) in [5.41, 5.74) is 2.21. The average molecular weight is 287 g/mol. The minimum absolute atomic E-state index is 0.335. The summed E-state index contributed by atoms with van der Waals surface area (Å²) in [5.74, 6) is 0.661. The van der Waals surface area contributed by atoms with Crippen molar-refractivity contribution in [3.63, 3.8) is 0 Å². The van der Waals surface area contributed by atoms with Crippen molar-refractivity contribution in [1.82, 2.24) is 15.0 Å². The molecule has 1 unspecified atom stereocenters. The lowest BCUT2D eigenvalue weighted by Gasteiger charge is -2.20. The van der Waals surface area contributed by atoms with Gasteiger partial charge < -0.3 is 4.98 Å². The van der Waals surface area contributed by atoms with Crippen LogP contribution < -0.4 is 11.2 Å². The molecular weight excluding hydrogens is 274 g/mol. The summed E-state index contributed by atoms with van der Waals surface area (Å²) in [5, 5.41) is 0.890. The van der Waals surface area contributed by atoms with Crippen LogP contribution in [0, 0.1) is 5.92 Å². The van der Waals surface area contributed by atoms with E-state index in [4.69, 9.17) is 4.98 Å². The molecule has 2 N–H and O–H groups in total. The quantitative estimate of drug-likeness (QED) is 0.663. The van der Waals surface area contributed by atoms with Crippen LogP contribution in [-0.2, 0) is 12.8 Å². The van der Waals surface area contributed by atoms with E-state index in [9.17, 15) is 9.59 Å². The minimum Gasteiger partial charge on any atom is -0.305 e. The van der Waals surface area contributed by atoms with Gasteiger partial charge in [-0.25, -0.2) is 9.78 Å². The number of hydrogen-bond donors (Lipinski definition) is 2. The molecule has 3 aromatic heterocycles. The van der Waals surface area contributed by atoms with E-state index < -0.39 is 5.69 Å². The molecule has 5 nitrogen and oxygen atoms in total. The molecule has 0 fully saturated rings. The van der Waals surface area contributed by atoms with E-state index in [0.29, 0.717) is 16.1 Å². The molecule has 3 aromatic rings. The summed E-state index contributed by atoms with van der Waals surface area (Å²) < 4.78 is 0.544. The maximum atomic E-state index is 11.8. The Labute approximate surface area is 117 Å². The van der Waals surface area contributed by atoms with Crippen LogP contribution in [0.3, 0.4) is 0 Å². The standard InChI is InChI=1S/C14H13N3O2S/c1-6-2-3-9-7(4-6)5-8-10-11(20-13(8)15-9)12(18)17-14(19)16-10/h5-6H,2-4H2,1H3,(H2,16,17,18,19). The predicted octanol–water partition coefficient (Wildman–Crippen LogP) is 1.95. The molecule has 1 aliphatic carbocycles. The fraction of sp³-hybridized carbons (Fsp3) is 0.357. The lowest BCUT2D eigenvalue weighted by molar-refractivity contribution is 0.495. The van der Waals surface area contributed by atoms with Crippen LogP contribution in [0.4, 0.5) is 0 Å². The van der Waals surface area contributed by atoms with Crippen LogP contribution >= 0.6 is 11.3 Å². The van der Waals surface area contributed by atoms with Crippen LogP contribution in [0.1, 0.15) is 24.6 Å².